The Morgan fingerprint density at radius 2 is 2.20 bits per heavy atom. The van der Waals surface area contributed by atoms with E-state index in [-0.39, 0.29) is 11.5 Å². The Balaban J connectivity index is 2.75. The van der Waals surface area contributed by atoms with Crippen molar-refractivity contribution in [3.63, 3.8) is 0 Å². The highest BCUT2D eigenvalue weighted by Gasteiger charge is 2.10. The molecule has 0 aromatic carbocycles. The van der Waals surface area contributed by atoms with Gasteiger partial charge in [0.15, 0.2) is 0 Å². The fourth-order valence-corrected chi connectivity index (χ4v) is 1.70. The van der Waals surface area contributed by atoms with Gasteiger partial charge in [0.25, 0.3) is 5.56 Å². The van der Waals surface area contributed by atoms with Crippen molar-refractivity contribution in [2.24, 2.45) is 0 Å². The van der Waals surface area contributed by atoms with Gasteiger partial charge in [0.2, 0.25) is 0 Å². The van der Waals surface area contributed by atoms with Crippen molar-refractivity contribution in [2.75, 3.05) is 30.8 Å². The van der Waals surface area contributed by atoms with E-state index >= 15 is 0 Å². The summed E-state index contributed by atoms with van der Waals surface area (Å²) in [6, 6.07) is 0. The van der Waals surface area contributed by atoms with Crippen LogP contribution in [-0.2, 0) is 11.3 Å². The lowest BCUT2D eigenvalue weighted by molar-refractivity contribution is 0.167. The first kappa shape index (κ1) is 16.0. The lowest BCUT2D eigenvalue weighted by Crippen LogP contribution is -2.34. The third-order valence-corrected chi connectivity index (χ3v) is 2.58. The molecule has 0 spiro atoms. The number of hydrogen-bond acceptors (Lipinski definition) is 5. The molecule has 1 aromatic rings. The number of ether oxygens (including phenoxy) is 1. The highest BCUT2D eigenvalue weighted by molar-refractivity contribution is 5.60. The van der Waals surface area contributed by atoms with Crippen molar-refractivity contribution in [3.8, 4) is 0 Å². The normalized spacial score (nSPS) is 10.5. The summed E-state index contributed by atoms with van der Waals surface area (Å²) in [5.41, 5.74) is 5.99. The van der Waals surface area contributed by atoms with Crippen molar-refractivity contribution in [2.45, 2.75) is 26.8 Å². The third kappa shape index (κ3) is 4.27. The van der Waals surface area contributed by atoms with Crippen molar-refractivity contribution < 1.29 is 4.74 Å². The number of nitrogens with one attached hydrogen (secondary N) is 2. The second kappa shape index (κ2) is 7.54. The van der Waals surface area contributed by atoms with E-state index in [0.29, 0.717) is 26.3 Å². The van der Waals surface area contributed by atoms with Crippen LogP contribution in [0.25, 0.3) is 0 Å². The van der Waals surface area contributed by atoms with Gasteiger partial charge in [0.1, 0.15) is 11.5 Å². The minimum absolute atomic E-state index is 0.153. The lowest BCUT2D eigenvalue weighted by atomic mass is 10.4. The summed E-state index contributed by atoms with van der Waals surface area (Å²) in [7, 11) is 0. The molecule has 0 fully saturated rings. The fourth-order valence-electron chi connectivity index (χ4n) is 1.70. The van der Waals surface area contributed by atoms with Crippen LogP contribution in [0.2, 0.25) is 0 Å². The van der Waals surface area contributed by atoms with Gasteiger partial charge in [-0.1, -0.05) is 19.1 Å². The SMILES string of the molecule is C=C(C)COCCNc1c(N)n(CCC)c(=O)[nH]c1=O. The van der Waals surface area contributed by atoms with Gasteiger partial charge in [-0.2, -0.15) is 0 Å². The van der Waals surface area contributed by atoms with Crippen LogP contribution < -0.4 is 22.3 Å². The topological polar surface area (TPSA) is 102 Å². The summed E-state index contributed by atoms with van der Waals surface area (Å²) in [4.78, 5) is 25.6. The molecule has 20 heavy (non-hydrogen) atoms. The van der Waals surface area contributed by atoms with E-state index in [0.717, 1.165) is 12.0 Å². The maximum absolute atomic E-state index is 11.7. The van der Waals surface area contributed by atoms with Crippen molar-refractivity contribution in [1.82, 2.24) is 9.55 Å². The van der Waals surface area contributed by atoms with Crippen molar-refractivity contribution >= 4 is 11.5 Å². The number of hydrogen-bond donors (Lipinski definition) is 3. The van der Waals surface area contributed by atoms with Gasteiger partial charge in [0, 0.05) is 13.1 Å². The van der Waals surface area contributed by atoms with Crippen LogP contribution in [0.1, 0.15) is 20.3 Å². The maximum atomic E-state index is 11.7. The Morgan fingerprint density at radius 3 is 2.80 bits per heavy atom. The van der Waals surface area contributed by atoms with Gasteiger partial charge in [-0.25, -0.2) is 4.79 Å². The van der Waals surface area contributed by atoms with Gasteiger partial charge in [0.05, 0.1) is 13.2 Å². The number of nitrogens with zero attached hydrogens (tertiary/aromatic N) is 1. The maximum Gasteiger partial charge on any atom is 0.330 e. The summed E-state index contributed by atoms with van der Waals surface area (Å²) in [6.07, 6.45) is 0.747. The fraction of sp³-hybridized carbons (Fsp3) is 0.538. The summed E-state index contributed by atoms with van der Waals surface area (Å²) < 4.78 is 6.66. The molecular formula is C13H22N4O3. The molecule has 1 aromatic heterocycles. The minimum Gasteiger partial charge on any atom is -0.383 e. The molecule has 7 nitrogen and oxygen atoms in total. The van der Waals surface area contributed by atoms with E-state index in [9.17, 15) is 9.59 Å². The molecule has 0 aliphatic rings. The first-order valence-corrected chi connectivity index (χ1v) is 6.56. The number of nitrogens with two attached hydrogens (primary N) is 1. The Kier molecular flexibility index (Phi) is 6.05. The number of H-pyrrole nitrogens is 1. The van der Waals surface area contributed by atoms with Crippen molar-refractivity contribution in [3.05, 3.63) is 33.0 Å². The van der Waals surface area contributed by atoms with Gasteiger partial charge < -0.3 is 15.8 Å². The molecule has 1 rings (SSSR count). The number of aromatic amines is 1. The Hall–Kier alpha value is -2.02. The first-order valence-electron chi connectivity index (χ1n) is 6.56. The Labute approximate surface area is 117 Å². The molecule has 0 aliphatic carbocycles. The molecule has 7 heteroatoms. The summed E-state index contributed by atoms with van der Waals surface area (Å²) in [5, 5.41) is 2.90. The number of rotatable bonds is 8. The summed E-state index contributed by atoms with van der Waals surface area (Å²) in [6.45, 7) is 9.29. The molecule has 0 bridgehead atoms. The molecular weight excluding hydrogens is 260 g/mol. The van der Waals surface area contributed by atoms with E-state index in [1.165, 1.54) is 4.57 Å². The molecule has 0 saturated carbocycles. The average molecular weight is 282 g/mol. The first-order chi connectivity index (χ1) is 9.47. The van der Waals surface area contributed by atoms with Crippen LogP contribution in [0, 0.1) is 0 Å². The van der Waals surface area contributed by atoms with Crippen LogP contribution in [-0.4, -0.2) is 29.3 Å². The van der Waals surface area contributed by atoms with Crippen LogP contribution in [0.3, 0.4) is 0 Å². The average Bonchev–Trinajstić information content (AvgIpc) is 2.37. The quantitative estimate of drug-likeness (QED) is 0.477. The van der Waals surface area contributed by atoms with Gasteiger partial charge in [-0.3, -0.25) is 14.3 Å². The molecule has 0 amide bonds. The largest absolute Gasteiger partial charge is 0.383 e. The van der Waals surface area contributed by atoms with Gasteiger partial charge >= 0.3 is 5.69 Å². The zero-order valence-electron chi connectivity index (χ0n) is 12.0. The predicted octanol–water partition coefficient (Wildman–Crippen LogP) is 0.533. The second-order valence-electron chi connectivity index (χ2n) is 4.61. The molecule has 0 saturated heterocycles. The molecule has 1 heterocycles. The minimum atomic E-state index is -0.514. The summed E-state index contributed by atoms with van der Waals surface area (Å²) >= 11 is 0. The lowest BCUT2D eigenvalue weighted by Gasteiger charge is -2.13. The highest BCUT2D eigenvalue weighted by atomic mass is 16.5. The molecule has 112 valence electrons. The van der Waals surface area contributed by atoms with Crippen molar-refractivity contribution in [1.29, 1.82) is 0 Å². The second-order valence-corrected chi connectivity index (χ2v) is 4.61. The van der Waals surface area contributed by atoms with Crippen LogP contribution >= 0.6 is 0 Å². The van der Waals surface area contributed by atoms with Gasteiger partial charge in [-0.05, 0) is 13.3 Å². The zero-order valence-corrected chi connectivity index (χ0v) is 12.0. The predicted molar refractivity (Wildman–Crippen MR) is 80.1 cm³/mol. The van der Waals surface area contributed by atoms with E-state index in [1.807, 2.05) is 13.8 Å². The van der Waals surface area contributed by atoms with Crippen LogP contribution in [0.15, 0.2) is 21.7 Å². The monoisotopic (exact) mass is 282 g/mol. The molecule has 0 radical (unpaired) electrons. The number of anilines is 2. The van der Waals surface area contributed by atoms with E-state index < -0.39 is 11.2 Å². The highest BCUT2D eigenvalue weighted by Crippen LogP contribution is 2.09. The molecule has 0 atom stereocenters. The van der Waals surface area contributed by atoms with Crippen LogP contribution in [0.5, 0.6) is 0 Å². The molecule has 0 aliphatic heterocycles. The smallest absolute Gasteiger partial charge is 0.330 e. The van der Waals surface area contributed by atoms with E-state index in [1.54, 1.807) is 0 Å². The van der Waals surface area contributed by atoms with Gasteiger partial charge in [-0.15, -0.1) is 0 Å². The molecule has 4 N–H and O–H groups in total. The molecule has 0 unspecified atom stereocenters. The number of aromatic nitrogens is 2. The van der Waals surface area contributed by atoms with E-state index in [4.69, 9.17) is 10.5 Å². The Bertz CT molecular complexity index is 574. The van der Waals surface area contributed by atoms with Crippen LogP contribution in [0.4, 0.5) is 11.5 Å². The number of nitrogen functional groups attached to an aromatic ring is 1. The standard InChI is InChI=1S/C13H22N4O3/c1-4-6-17-11(14)10(12(18)16-13(17)19)15-5-7-20-8-9(2)3/h15H,2,4-8,14H2,1,3H3,(H,16,18,19). The third-order valence-electron chi connectivity index (χ3n) is 2.58. The Morgan fingerprint density at radius 1 is 1.50 bits per heavy atom. The van der Waals surface area contributed by atoms with E-state index in [2.05, 4.69) is 16.9 Å². The zero-order chi connectivity index (χ0) is 15.1. The summed E-state index contributed by atoms with van der Waals surface area (Å²) in [5.74, 6) is 0.153.